The van der Waals surface area contributed by atoms with Gasteiger partial charge in [-0.15, -0.1) is 0 Å². The first-order chi connectivity index (χ1) is 10.9. The van der Waals surface area contributed by atoms with Crippen LogP contribution in [0, 0.1) is 5.92 Å². The molecule has 3 unspecified atom stereocenters. The van der Waals surface area contributed by atoms with Crippen LogP contribution in [0.5, 0.6) is 0 Å². The molecule has 6 nitrogen and oxygen atoms in total. The number of hydrogen-bond donors (Lipinski definition) is 2. The van der Waals surface area contributed by atoms with Crippen molar-refractivity contribution < 1.29 is 13.2 Å². The second kappa shape index (κ2) is 7.07. The van der Waals surface area contributed by atoms with Crippen molar-refractivity contribution in [3.8, 4) is 0 Å². The van der Waals surface area contributed by atoms with E-state index in [4.69, 9.17) is 0 Å². The molecule has 0 aromatic carbocycles. The molecule has 0 spiro atoms. The molecule has 132 valence electrons. The molecule has 7 heteroatoms. The van der Waals surface area contributed by atoms with Crippen LogP contribution in [-0.4, -0.2) is 56.7 Å². The Hall–Kier alpha value is -0.660. The molecule has 3 atom stereocenters. The van der Waals surface area contributed by atoms with Crippen LogP contribution in [0.1, 0.15) is 51.4 Å². The molecule has 0 radical (unpaired) electrons. The number of carbonyl (C=O) groups is 1. The minimum atomic E-state index is -3.20. The van der Waals surface area contributed by atoms with Gasteiger partial charge in [-0.05, 0) is 50.9 Å². The van der Waals surface area contributed by atoms with Gasteiger partial charge in [0.25, 0.3) is 0 Å². The zero-order chi connectivity index (χ0) is 16.4. The first-order valence-corrected chi connectivity index (χ1v) is 10.8. The molecule has 23 heavy (non-hydrogen) atoms. The van der Waals surface area contributed by atoms with E-state index in [1.165, 1.54) is 19.1 Å². The molecule has 2 bridgehead atoms. The number of likely N-dealkylation sites (tertiary alicyclic amines) is 1. The number of nitrogens with zero attached hydrogens (tertiary/aromatic N) is 1. The SMILES string of the molecule is CS(=O)(=O)NCC1CCCCN1C(=O)CC1CC2CCC(C1)N2. The fourth-order valence-corrected chi connectivity index (χ4v) is 4.99. The van der Waals surface area contributed by atoms with Gasteiger partial charge in [-0.3, -0.25) is 4.79 Å². The number of fused-ring (bicyclic) bond motifs is 2. The van der Waals surface area contributed by atoms with Crippen LogP contribution in [0.15, 0.2) is 0 Å². The zero-order valence-electron chi connectivity index (χ0n) is 14.0. The Kier molecular flexibility index (Phi) is 5.28. The maximum atomic E-state index is 12.8. The van der Waals surface area contributed by atoms with Gasteiger partial charge in [-0.25, -0.2) is 13.1 Å². The average Bonchev–Trinajstić information content (AvgIpc) is 2.83. The largest absolute Gasteiger partial charge is 0.338 e. The van der Waals surface area contributed by atoms with Crippen molar-refractivity contribution in [2.45, 2.75) is 69.5 Å². The van der Waals surface area contributed by atoms with Gasteiger partial charge in [-0.2, -0.15) is 0 Å². The summed E-state index contributed by atoms with van der Waals surface area (Å²) in [5.41, 5.74) is 0. The summed E-state index contributed by atoms with van der Waals surface area (Å²) in [5.74, 6) is 0.711. The lowest BCUT2D eigenvalue weighted by molar-refractivity contribution is -0.136. The van der Waals surface area contributed by atoms with Crippen LogP contribution < -0.4 is 10.0 Å². The Morgan fingerprint density at radius 1 is 1.17 bits per heavy atom. The highest BCUT2D eigenvalue weighted by molar-refractivity contribution is 7.88. The van der Waals surface area contributed by atoms with Crippen LogP contribution in [-0.2, 0) is 14.8 Å². The van der Waals surface area contributed by atoms with Crippen molar-refractivity contribution in [1.82, 2.24) is 14.9 Å². The van der Waals surface area contributed by atoms with Crippen molar-refractivity contribution in [3.63, 3.8) is 0 Å². The van der Waals surface area contributed by atoms with Gasteiger partial charge in [0.15, 0.2) is 0 Å². The Morgan fingerprint density at radius 3 is 2.52 bits per heavy atom. The van der Waals surface area contributed by atoms with Crippen molar-refractivity contribution in [2.24, 2.45) is 5.92 Å². The number of nitrogens with one attached hydrogen (secondary N) is 2. The molecule has 0 aromatic heterocycles. The minimum absolute atomic E-state index is 0.0180. The number of rotatable bonds is 5. The van der Waals surface area contributed by atoms with Crippen LogP contribution in [0.4, 0.5) is 0 Å². The van der Waals surface area contributed by atoms with E-state index < -0.39 is 10.0 Å². The Balaban J connectivity index is 1.55. The predicted octanol–water partition coefficient (Wildman–Crippen LogP) is 0.837. The van der Waals surface area contributed by atoms with Crippen LogP contribution in [0.25, 0.3) is 0 Å². The number of piperidine rings is 2. The molecule has 3 saturated heterocycles. The first kappa shape index (κ1) is 17.2. The number of sulfonamides is 1. The van der Waals surface area contributed by atoms with E-state index in [2.05, 4.69) is 10.0 Å². The summed E-state index contributed by atoms with van der Waals surface area (Å²) in [6.45, 7) is 1.12. The molecule has 3 rings (SSSR count). The zero-order valence-corrected chi connectivity index (χ0v) is 14.8. The fraction of sp³-hybridized carbons (Fsp3) is 0.938. The van der Waals surface area contributed by atoms with E-state index in [-0.39, 0.29) is 11.9 Å². The number of carbonyl (C=O) groups excluding carboxylic acids is 1. The van der Waals surface area contributed by atoms with Crippen molar-refractivity contribution in [2.75, 3.05) is 19.3 Å². The van der Waals surface area contributed by atoms with Gasteiger partial charge >= 0.3 is 0 Å². The average molecular weight is 343 g/mol. The quantitative estimate of drug-likeness (QED) is 0.775. The Bertz CT molecular complexity index is 525. The summed E-state index contributed by atoms with van der Waals surface area (Å²) >= 11 is 0. The second-order valence-electron chi connectivity index (χ2n) is 7.54. The minimum Gasteiger partial charge on any atom is -0.338 e. The van der Waals surface area contributed by atoms with E-state index in [9.17, 15) is 13.2 Å². The third-order valence-electron chi connectivity index (χ3n) is 5.56. The van der Waals surface area contributed by atoms with Crippen molar-refractivity contribution in [3.05, 3.63) is 0 Å². The molecule has 3 aliphatic heterocycles. The standard InChI is InChI=1S/C16H29N3O3S/c1-23(21,22)17-11-15-4-2-3-7-19(15)16(20)10-12-8-13-5-6-14(9-12)18-13/h12-15,17-18H,2-11H2,1H3. The molecule has 3 fully saturated rings. The fourth-order valence-electron chi connectivity index (χ4n) is 4.49. The predicted molar refractivity (Wildman–Crippen MR) is 89.5 cm³/mol. The third-order valence-corrected chi connectivity index (χ3v) is 6.25. The summed E-state index contributed by atoms with van der Waals surface area (Å²) < 4.78 is 25.2. The summed E-state index contributed by atoms with van der Waals surface area (Å²) in [6, 6.07) is 1.23. The molecule has 3 heterocycles. The molecule has 3 aliphatic rings. The molecule has 0 aromatic rings. The second-order valence-corrected chi connectivity index (χ2v) is 9.37. The van der Waals surface area contributed by atoms with Gasteiger partial charge in [0, 0.05) is 37.6 Å². The van der Waals surface area contributed by atoms with Crippen molar-refractivity contribution >= 4 is 15.9 Å². The van der Waals surface area contributed by atoms with E-state index in [0.717, 1.165) is 38.6 Å². The lowest BCUT2D eigenvalue weighted by Crippen LogP contribution is -2.50. The number of hydrogen-bond acceptors (Lipinski definition) is 4. The summed E-state index contributed by atoms with van der Waals surface area (Å²) in [7, 11) is -3.20. The van der Waals surface area contributed by atoms with Crippen molar-refractivity contribution in [1.29, 1.82) is 0 Å². The van der Waals surface area contributed by atoms with Gasteiger partial charge < -0.3 is 10.2 Å². The molecular formula is C16H29N3O3S. The van der Waals surface area contributed by atoms with Gasteiger partial charge in [0.05, 0.1) is 6.26 Å². The Morgan fingerprint density at radius 2 is 1.87 bits per heavy atom. The van der Waals surface area contributed by atoms with Gasteiger partial charge in [0.2, 0.25) is 15.9 Å². The van der Waals surface area contributed by atoms with E-state index in [1.54, 1.807) is 0 Å². The first-order valence-electron chi connectivity index (χ1n) is 8.91. The maximum Gasteiger partial charge on any atom is 0.223 e. The third kappa shape index (κ3) is 4.67. The van der Waals surface area contributed by atoms with Gasteiger partial charge in [0.1, 0.15) is 0 Å². The van der Waals surface area contributed by atoms with Crippen LogP contribution in [0.2, 0.25) is 0 Å². The highest BCUT2D eigenvalue weighted by Gasteiger charge is 2.36. The molecule has 0 aliphatic carbocycles. The van der Waals surface area contributed by atoms with E-state index in [1.807, 2.05) is 4.90 Å². The smallest absolute Gasteiger partial charge is 0.223 e. The lowest BCUT2D eigenvalue weighted by Gasteiger charge is -2.37. The summed E-state index contributed by atoms with van der Waals surface area (Å²) in [4.78, 5) is 14.7. The monoisotopic (exact) mass is 343 g/mol. The highest BCUT2D eigenvalue weighted by atomic mass is 32.2. The lowest BCUT2D eigenvalue weighted by atomic mass is 9.88. The van der Waals surface area contributed by atoms with Crippen LogP contribution >= 0.6 is 0 Å². The number of amides is 1. The molecule has 1 amide bonds. The summed E-state index contributed by atoms with van der Waals surface area (Å²) in [5, 5.41) is 3.62. The maximum absolute atomic E-state index is 12.8. The normalized spacial score (nSPS) is 34.6. The topological polar surface area (TPSA) is 78.5 Å². The summed E-state index contributed by atoms with van der Waals surface area (Å²) in [6.07, 6.45) is 9.52. The highest BCUT2D eigenvalue weighted by Crippen LogP contribution is 2.33. The van der Waals surface area contributed by atoms with Gasteiger partial charge in [-0.1, -0.05) is 0 Å². The molecule has 2 N–H and O–H groups in total. The Labute approximate surface area is 139 Å². The van der Waals surface area contributed by atoms with Crippen LogP contribution in [0.3, 0.4) is 0 Å². The van der Waals surface area contributed by atoms with E-state index >= 15 is 0 Å². The molecular weight excluding hydrogens is 314 g/mol. The van der Waals surface area contributed by atoms with E-state index in [0.29, 0.717) is 31.0 Å². The molecule has 0 saturated carbocycles.